The van der Waals surface area contributed by atoms with Crippen LogP contribution in [0.5, 0.6) is 0 Å². The molecule has 0 radical (unpaired) electrons. The van der Waals surface area contributed by atoms with Crippen LogP contribution in [0.15, 0.2) is 18.2 Å². The summed E-state index contributed by atoms with van der Waals surface area (Å²) in [5.41, 5.74) is 0.531. The summed E-state index contributed by atoms with van der Waals surface area (Å²) in [5.74, 6) is 1.91. The van der Waals surface area contributed by atoms with Crippen molar-refractivity contribution < 1.29 is 9.31 Å². The molecule has 1 aliphatic heterocycles. The summed E-state index contributed by atoms with van der Waals surface area (Å²) in [4.78, 5) is 10.6. The van der Waals surface area contributed by atoms with E-state index in [4.69, 9.17) is 0 Å². The van der Waals surface area contributed by atoms with Crippen LogP contribution in [0.1, 0.15) is 18.9 Å². The molecule has 2 atom stereocenters. The number of nitrogens with one attached hydrogen (secondary N) is 1. The predicted molar refractivity (Wildman–Crippen MR) is 79.7 cm³/mol. The van der Waals surface area contributed by atoms with Crippen molar-refractivity contribution >= 4 is 17.4 Å². The maximum absolute atomic E-state index is 13.3. The van der Waals surface area contributed by atoms with Crippen molar-refractivity contribution in [3.8, 4) is 0 Å². The first-order chi connectivity index (χ1) is 9.61. The number of rotatable bonds is 6. The third-order valence-electron chi connectivity index (χ3n) is 3.58. The van der Waals surface area contributed by atoms with E-state index in [0.717, 1.165) is 30.5 Å². The first-order valence-electron chi connectivity index (χ1n) is 6.85. The summed E-state index contributed by atoms with van der Waals surface area (Å²) in [5, 5.41) is 14.5. The van der Waals surface area contributed by atoms with Gasteiger partial charge in [-0.05, 0) is 43.2 Å². The quantitative estimate of drug-likeness (QED) is 0.648. The van der Waals surface area contributed by atoms with Gasteiger partial charge in [-0.25, -0.2) is 4.39 Å². The standard InChI is InChI=1S/C14H19FN2O2S/c1-2-5-16-13-9-20-8-11(13)6-10-7-12(15)3-4-14(10)17(18)19/h3-4,7,11,13,16H,2,5-6,8-9H2,1H3. The maximum Gasteiger partial charge on any atom is 0.272 e. The fourth-order valence-electron chi connectivity index (χ4n) is 2.53. The molecule has 2 unspecified atom stereocenters. The molecule has 1 heterocycles. The van der Waals surface area contributed by atoms with Crippen LogP contribution in [-0.2, 0) is 6.42 Å². The van der Waals surface area contributed by atoms with Gasteiger partial charge < -0.3 is 5.32 Å². The largest absolute Gasteiger partial charge is 0.313 e. The number of nitro groups is 1. The van der Waals surface area contributed by atoms with E-state index in [0.29, 0.717) is 23.9 Å². The Bertz CT molecular complexity index is 484. The van der Waals surface area contributed by atoms with Crippen LogP contribution in [0.4, 0.5) is 10.1 Å². The summed E-state index contributed by atoms with van der Waals surface area (Å²) in [6, 6.07) is 4.08. The van der Waals surface area contributed by atoms with Crippen molar-refractivity contribution in [2.24, 2.45) is 5.92 Å². The normalized spacial score (nSPS) is 22.1. The summed E-state index contributed by atoms with van der Waals surface area (Å²) in [7, 11) is 0. The summed E-state index contributed by atoms with van der Waals surface area (Å²) in [6.45, 7) is 3.06. The molecule has 0 spiro atoms. The van der Waals surface area contributed by atoms with Crippen LogP contribution >= 0.6 is 11.8 Å². The average molecular weight is 298 g/mol. The Hall–Kier alpha value is -1.14. The topological polar surface area (TPSA) is 55.2 Å². The molecule has 110 valence electrons. The molecule has 0 aromatic heterocycles. The molecule has 0 aliphatic carbocycles. The fourth-order valence-corrected chi connectivity index (χ4v) is 3.97. The zero-order chi connectivity index (χ0) is 14.5. The minimum atomic E-state index is -0.425. The number of hydrogen-bond donors (Lipinski definition) is 1. The summed E-state index contributed by atoms with van der Waals surface area (Å²) in [6.07, 6.45) is 1.62. The SMILES string of the molecule is CCCNC1CSCC1Cc1cc(F)ccc1[N+](=O)[O-]. The lowest BCUT2D eigenvalue weighted by Gasteiger charge is -2.20. The lowest BCUT2D eigenvalue weighted by Crippen LogP contribution is -2.36. The highest BCUT2D eigenvalue weighted by atomic mass is 32.2. The van der Waals surface area contributed by atoms with Gasteiger partial charge in [-0.15, -0.1) is 0 Å². The Balaban J connectivity index is 2.12. The molecule has 0 amide bonds. The van der Waals surface area contributed by atoms with Gasteiger partial charge in [-0.1, -0.05) is 6.92 Å². The van der Waals surface area contributed by atoms with Crippen LogP contribution in [0.25, 0.3) is 0 Å². The molecule has 1 saturated heterocycles. The smallest absolute Gasteiger partial charge is 0.272 e. The highest BCUT2D eigenvalue weighted by molar-refractivity contribution is 7.99. The first-order valence-corrected chi connectivity index (χ1v) is 8.01. The van der Waals surface area contributed by atoms with E-state index in [1.165, 1.54) is 12.1 Å². The van der Waals surface area contributed by atoms with Gasteiger partial charge >= 0.3 is 0 Å². The van der Waals surface area contributed by atoms with E-state index < -0.39 is 10.7 Å². The van der Waals surface area contributed by atoms with Crippen molar-refractivity contribution in [3.05, 3.63) is 39.7 Å². The van der Waals surface area contributed by atoms with E-state index >= 15 is 0 Å². The van der Waals surface area contributed by atoms with Gasteiger partial charge in [0.2, 0.25) is 0 Å². The van der Waals surface area contributed by atoms with E-state index in [1.54, 1.807) is 0 Å². The number of hydrogen-bond acceptors (Lipinski definition) is 4. The number of halogens is 1. The molecule has 6 heteroatoms. The molecule has 2 rings (SSSR count). The van der Waals surface area contributed by atoms with Crippen molar-refractivity contribution in [2.45, 2.75) is 25.8 Å². The Kier molecular flexibility index (Phi) is 5.37. The van der Waals surface area contributed by atoms with E-state index in [1.807, 2.05) is 11.8 Å². The minimum absolute atomic E-state index is 0.0255. The Morgan fingerprint density at radius 2 is 2.30 bits per heavy atom. The summed E-state index contributed by atoms with van der Waals surface area (Å²) >= 11 is 1.85. The molecule has 1 aromatic rings. The third kappa shape index (κ3) is 3.70. The molecule has 1 fully saturated rings. The van der Waals surface area contributed by atoms with Crippen LogP contribution in [-0.4, -0.2) is 29.0 Å². The van der Waals surface area contributed by atoms with Crippen molar-refractivity contribution in [3.63, 3.8) is 0 Å². The van der Waals surface area contributed by atoms with Crippen LogP contribution in [0.2, 0.25) is 0 Å². The van der Waals surface area contributed by atoms with Gasteiger partial charge in [-0.3, -0.25) is 10.1 Å². The van der Waals surface area contributed by atoms with E-state index in [2.05, 4.69) is 12.2 Å². The third-order valence-corrected chi connectivity index (χ3v) is 4.83. The van der Waals surface area contributed by atoms with E-state index in [9.17, 15) is 14.5 Å². The first kappa shape index (κ1) is 15.3. The van der Waals surface area contributed by atoms with Gasteiger partial charge in [0, 0.05) is 23.4 Å². The van der Waals surface area contributed by atoms with Crippen molar-refractivity contribution in [1.82, 2.24) is 5.32 Å². The van der Waals surface area contributed by atoms with Crippen LogP contribution in [0.3, 0.4) is 0 Å². The molecule has 20 heavy (non-hydrogen) atoms. The molecule has 1 N–H and O–H groups in total. The van der Waals surface area contributed by atoms with E-state index in [-0.39, 0.29) is 5.69 Å². The van der Waals surface area contributed by atoms with Crippen molar-refractivity contribution in [2.75, 3.05) is 18.1 Å². The Morgan fingerprint density at radius 1 is 1.50 bits per heavy atom. The number of nitrogens with zero attached hydrogens (tertiary/aromatic N) is 1. The molecule has 1 aromatic carbocycles. The monoisotopic (exact) mass is 298 g/mol. The van der Waals surface area contributed by atoms with Crippen molar-refractivity contribution in [1.29, 1.82) is 0 Å². The lowest BCUT2D eigenvalue weighted by atomic mass is 9.94. The van der Waals surface area contributed by atoms with Crippen LogP contribution < -0.4 is 5.32 Å². The Labute approximate surface area is 122 Å². The lowest BCUT2D eigenvalue weighted by molar-refractivity contribution is -0.385. The second kappa shape index (κ2) is 7.04. The number of nitro benzene ring substituents is 1. The zero-order valence-electron chi connectivity index (χ0n) is 11.5. The molecule has 4 nitrogen and oxygen atoms in total. The summed E-state index contributed by atoms with van der Waals surface area (Å²) < 4.78 is 13.3. The molecule has 0 bridgehead atoms. The molecular weight excluding hydrogens is 279 g/mol. The van der Waals surface area contributed by atoms with Gasteiger partial charge in [0.25, 0.3) is 5.69 Å². The predicted octanol–water partition coefficient (Wildman–Crippen LogP) is 3.01. The second-order valence-corrected chi connectivity index (χ2v) is 6.17. The fraction of sp³-hybridized carbons (Fsp3) is 0.571. The zero-order valence-corrected chi connectivity index (χ0v) is 12.3. The minimum Gasteiger partial charge on any atom is -0.313 e. The molecular formula is C14H19FN2O2S. The molecule has 0 saturated carbocycles. The second-order valence-electron chi connectivity index (χ2n) is 5.09. The van der Waals surface area contributed by atoms with Gasteiger partial charge in [0.05, 0.1) is 4.92 Å². The average Bonchev–Trinajstić information content (AvgIpc) is 2.83. The highest BCUT2D eigenvalue weighted by Crippen LogP contribution is 2.30. The number of benzene rings is 1. The van der Waals surface area contributed by atoms with Gasteiger partial charge in [0.15, 0.2) is 0 Å². The molecule has 1 aliphatic rings. The van der Waals surface area contributed by atoms with Gasteiger partial charge in [0.1, 0.15) is 5.82 Å². The Morgan fingerprint density at radius 3 is 3.00 bits per heavy atom. The van der Waals surface area contributed by atoms with Gasteiger partial charge in [-0.2, -0.15) is 11.8 Å². The highest BCUT2D eigenvalue weighted by Gasteiger charge is 2.29. The van der Waals surface area contributed by atoms with Crippen LogP contribution in [0, 0.1) is 21.8 Å². The maximum atomic E-state index is 13.3. The number of thioether (sulfide) groups is 1.